The summed E-state index contributed by atoms with van der Waals surface area (Å²) in [5.41, 5.74) is 1.61. The van der Waals surface area contributed by atoms with E-state index in [0.29, 0.717) is 18.8 Å². The van der Waals surface area contributed by atoms with Gasteiger partial charge in [-0.05, 0) is 18.6 Å². The van der Waals surface area contributed by atoms with Gasteiger partial charge in [-0.2, -0.15) is 18.3 Å². The van der Waals surface area contributed by atoms with Gasteiger partial charge in [0, 0.05) is 50.8 Å². The normalized spacial score (nSPS) is 16.1. The van der Waals surface area contributed by atoms with E-state index >= 15 is 0 Å². The van der Waals surface area contributed by atoms with E-state index in [-0.39, 0.29) is 24.5 Å². The summed E-state index contributed by atoms with van der Waals surface area (Å²) in [5.74, 6) is 0.533. The van der Waals surface area contributed by atoms with E-state index in [4.69, 9.17) is 5.10 Å². The van der Waals surface area contributed by atoms with Crippen LogP contribution in [-0.2, 0) is 14.9 Å². The molecule has 0 unspecified atom stereocenters. The maximum Gasteiger partial charge on any atom is 0.411 e. The van der Waals surface area contributed by atoms with Gasteiger partial charge in [-0.3, -0.25) is 9.69 Å². The summed E-state index contributed by atoms with van der Waals surface area (Å²) in [6.07, 6.45) is -3.73. The molecule has 10 heteroatoms. The molecule has 0 spiro atoms. The number of anilines is 1. The van der Waals surface area contributed by atoms with Crippen molar-refractivity contribution in [1.82, 2.24) is 19.6 Å². The standard InChI is InChI=1S/C24H34F3N5O2/c1-23(2,3)20-16-21(32(29-20)19-8-5-4-6-9-19)28-22(33)17-31-13-11-30(12-14-31)10-7-15-34-18-24(25,26)27/h4-6,8-9,16H,7,10-15,17-18H2,1-3H3,(H,28,33). The molecule has 0 bridgehead atoms. The molecule has 1 aliphatic rings. The van der Waals surface area contributed by atoms with Gasteiger partial charge < -0.3 is 15.0 Å². The summed E-state index contributed by atoms with van der Waals surface area (Å²) in [7, 11) is 0. The molecule has 1 saturated heterocycles. The Kier molecular flexibility index (Phi) is 8.72. The van der Waals surface area contributed by atoms with Crippen molar-refractivity contribution in [3.63, 3.8) is 0 Å². The Hall–Kier alpha value is -2.43. The van der Waals surface area contributed by atoms with E-state index < -0.39 is 12.8 Å². The molecule has 1 aliphatic heterocycles. The van der Waals surface area contributed by atoms with Crippen molar-refractivity contribution < 1.29 is 22.7 Å². The molecule has 0 radical (unpaired) electrons. The summed E-state index contributed by atoms with van der Waals surface area (Å²) in [5, 5.41) is 7.74. The summed E-state index contributed by atoms with van der Waals surface area (Å²) < 4.78 is 42.7. The first-order valence-corrected chi connectivity index (χ1v) is 11.6. The van der Waals surface area contributed by atoms with Crippen molar-refractivity contribution in [3.8, 4) is 5.69 Å². The number of para-hydroxylation sites is 1. The van der Waals surface area contributed by atoms with Gasteiger partial charge in [0.15, 0.2) is 0 Å². The van der Waals surface area contributed by atoms with Gasteiger partial charge in [-0.25, -0.2) is 4.68 Å². The molecule has 34 heavy (non-hydrogen) atoms. The molecule has 2 heterocycles. The third-order valence-electron chi connectivity index (χ3n) is 5.61. The quantitative estimate of drug-likeness (QED) is 0.554. The SMILES string of the molecule is CC(C)(C)c1cc(NC(=O)CN2CCN(CCCOCC(F)(F)F)CC2)n(-c2ccccc2)n1. The number of rotatable bonds is 9. The number of benzene rings is 1. The zero-order valence-corrected chi connectivity index (χ0v) is 20.1. The molecule has 1 aromatic carbocycles. The highest BCUT2D eigenvalue weighted by Crippen LogP contribution is 2.26. The van der Waals surface area contributed by atoms with Crippen LogP contribution in [0.3, 0.4) is 0 Å². The number of carbonyl (C=O) groups excluding carboxylic acids is 1. The highest BCUT2D eigenvalue weighted by molar-refractivity contribution is 5.91. The molecule has 1 aromatic heterocycles. The summed E-state index contributed by atoms with van der Waals surface area (Å²) >= 11 is 0. The first-order valence-electron chi connectivity index (χ1n) is 11.6. The van der Waals surface area contributed by atoms with Crippen LogP contribution < -0.4 is 5.32 Å². The van der Waals surface area contributed by atoms with Crippen LogP contribution >= 0.6 is 0 Å². The van der Waals surface area contributed by atoms with Crippen LogP contribution in [0.4, 0.5) is 19.0 Å². The number of aromatic nitrogens is 2. The number of alkyl halides is 3. The van der Waals surface area contributed by atoms with Crippen LogP contribution in [0.2, 0.25) is 0 Å². The van der Waals surface area contributed by atoms with E-state index in [1.54, 1.807) is 4.68 Å². The summed E-state index contributed by atoms with van der Waals surface area (Å²) in [6.45, 7) is 9.07. The highest BCUT2D eigenvalue weighted by Gasteiger charge is 2.27. The zero-order chi connectivity index (χ0) is 24.8. The minimum Gasteiger partial charge on any atom is -0.372 e. The highest BCUT2D eigenvalue weighted by atomic mass is 19.4. The predicted molar refractivity (Wildman–Crippen MR) is 125 cm³/mol. The average Bonchev–Trinajstić information content (AvgIpc) is 3.18. The predicted octanol–water partition coefficient (Wildman–Crippen LogP) is 3.69. The average molecular weight is 482 g/mol. The van der Waals surface area contributed by atoms with E-state index in [1.807, 2.05) is 36.4 Å². The third-order valence-corrected chi connectivity index (χ3v) is 5.61. The van der Waals surface area contributed by atoms with E-state index in [1.165, 1.54) is 0 Å². The van der Waals surface area contributed by atoms with Crippen molar-refractivity contribution in [1.29, 1.82) is 0 Å². The smallest absolute Gasteiger partial charge is 0.372 e. The second-order valence-corrected chi connectivity index (χ2v) is 9.60. The minimum absolute atomic E-state index is 0.0911. The number of piperazine rings is 1. The van der Waals surface area contributed by atoms with Gasteiger partial charge in [-0.15, -0.1) is 0 Å². The second-order valence-electron chi connectivity index (χ2n) is 9.60. The lowest BCUT2D eigenvalue weighted by atomic mass is 9.92. The molecular formula is C24H34F3N5O2. The Labute approximate surface area is 198 Å². The number of nitrogens with one attached hydrogen (secondary N) is 1. The molecule has 1 fully saturated rings. The van der Waals surface area contributed by atoms with Gasteiger partial charge >= 0.3 is 6.18 Å². The van der Waals surface area contributed by atoms with Crippen LogP contribution in [0.1, 0.15) is 32.9 Å². The van der Waals surface area contributed by atoms with Gasteiger partial charge in [0.2, 0.25) is 5.91 Å². The fourth-order valence-electron chi connectivity index (χ4n) is 3.74. The number of amides is 1. The van der Waals surface area contributed by atoms with Gasteiger partial charge in [0.05, 0.1) is 17.9 Å². The number of nitrogens with zero attached hydrogens (tertiary/aromatic N) is 4. The fraction of sp³-hybridized carbons (Fsp3) is 0.583. The Bertz CT molecular complexity index is 917. The first kappa shape index (κ1) is 26.2. The summed E-state index contributed by atoms with van der Waals surface area (Å²) in [6, 6.07) is 11.6. The van der Waals surface area contributed by atoms with Crippen LogP contribution in [0.15, 0.2) is 36.4 Å². The van der Waals surface area contributed by atoms with Crippen LogP contribution in [0.5, 0.6) is 0 Å². The van der Waals surface area contributed by atoms with Crippen molar-refractivity contribution in [2.24, 2.45) is 0 Å². The van der Waals surface area contributed by atoms with E-state index in [2.05, 4.69) is 40.6 Å². The molecule has 3 rings (SSSR count). The van der Waals surface area contributed by atoms with Crippen LogP contribution in [0.25, 0.3) is 5.69 Å². The van der Waals surface area contributed by atoms with E-state index in [0.717, 1.165) is 37.6 Å². The topological polar surface area (TPSA) is 62.6 Å². The van der Waals surface area contributed by atoms with Gasteiger partial charge in [0.25, 0.3) is 0 Å². The number of hydrogen-bond donors (Lipinski definition) is 1. The number of hydrogen-bond acceptors (Lipinski definition) is 5. The molecule has 1 amide bonds. The molecule has 0 aliphatic carbocycles. The fourth-order valence-corrected chi connectivity index (χ4v) is 3.74. The minimum atomic E-state index is -4.28. The third kappa shape index (κ3) is 8.11. The van der Waals surface area contributed by atoms with Crippen molar-refractivity contribution in [2.45, 2.75) is 38.8 Å². The lowest BCUT2D eigenvalue weighted by molar-refractivity contribution is -0.174. The van der Waals surface area contributed by atoms with Crippen LogP contribution in [-0.4, -0.2) is 84.1 Å². The molecule has 0 atom stereocenters. The van der Waals surface area contributed by atoms with E-state index in [9.17, 15) is 18.0 Å². The second kappa shape index (κ2) is 11.3. The largest absolute Gasteiger partial charge is 0.411 e. The lowest BCUT2D eigenvalue weighted by Crippen LogP contribution is -2.48. The maximum atomic E-state index is 12.8. The number of ether oxygens (including phenoxy) is 1. The Morgan fingerprint density at radius 1 is 1.06 bits per heavy atom. The molecule has 7 nitrogen and oxygen atoms in total. The molecule has 2 aromatic rings. The maximum absolute atomic E-state index is 12.8. The molecule has 1 N–H and O–H groups in total. The van der Waals surface area contributed by atoms with Crippen molar-refractivity contribution in [2.75, 3.05) is 57.8 Å². The Morgan fingerprint density at radius 2 is 1.71 bits per heavy atom. The number of carbonyl (C=O) groups is 1. The van der Waals surface area contributed by atoms with Gasteiger partial charge in [0.1, 0.15) is 12.4 Å². The molecule has 188 valence electrons. The Balaban J connectivity index is 1.48. The van der Waals surface area contributed by atoms with Crippen molar-refractivity contribution >= 4 is 11.7 Å². The van der Waals surface area contributed by atoms with Crippen LogP contribution in [0, 0.1) is 0 Å². The summed E-state index contributed by atoms with van der Waals surface area (Å²) in [4.78, 5) is 17.1. The lowest BCUT2D eigenvalue weighted by Gasteiger charge is -2.34. The first-order chi connectivity index (χ1) is 16.0. The molecule has 0 saturated carbocycles. The Morgan fingerprint density at radius 3 is 2.32 bits per heavy atom. The zero-order valence-electron chi connectivity index (χ0n) is 20.1. The number of halogens is 3. The van der Waals surface area contributed by atoms with Gasteiger partial charge in [-0.1, -0.05) is 39.0 Å². The molecular weight excluding hydrogens is 447 g/mol. The van der Waals surface area contributed by atoms with Crippen molar-refractivity contribution in [3.05, 3.63) is 42.1 Å². The monoisotopic (exact) mass is 481 g/mol.